The van der Waals surface area contributed by atoms with Crippen LogP contribution in [0.15, 0.2) is 52.7 Å². The number of hydrogen-bond acceptors (Lipinski definition) is 9. The predicted molar refractivity (Wildman–Crippen MR) is 223 cm³/mol. The van der Waals surface area contributed by atoms with E-state index in [9.17, 15) is 9.90 Å². The molecule has 6 aliphatic rings. The number of phenols is 1. The van der Waals surface area contributed by atoms with E-state index in [1.807, 2.05) is 59.8 Å². The van der Waals surface area contributed by atoms with Crippen molar-refractivity contribution in [3.8, 4) is 17.2 Å². The number of piperazine rings is 1. The summed E-state index contributed by atoms with van der Waals surface area (Å²) < 4.78 is 21.2. The zero-order valence-electron chi connectivity index (χ0n) is 35.8. The number of allylic oxidation sites excluding steroid dienone is 5. The molecule has 57 heavy (non-hydrogen) atoms. The van der Waals surface area contributed by atoms with Crippen molar-refractivity contribution in [2.75, 3.05) is 46.3 Å². The molecule has 2 saturated heterocycles. The Hall–Kier alpha value is -3.99. The number of benzene rings is 1. The normalized spacial score (nSPS) is 30.9. The molecule has 1 aromatic carbocycles. The quantitative estimate of drug-likeness (QED) is 0.121. The van der Waals surface area contributed by atoms with Crippen molar-refractivity contribution in [2.45, 2.75) is 123 Å². The monoisotopic (exact) mass is 781 g/mol. The van der Waals surface area contributed by atoms with Crippen LogP contribution in [-0.2, 0) is 20.7 Å². The van der Waals surface area contributed by atoms with Gasteiger partial charge in [0.05, 0.1) is 22.5 Å². The van der Waals surface area contributed by atoms with Crippen LogP contribution in [0.3, 0.4) is 0 Å². The van der Waals surface area contributed by atoms with Crippen LogP contribution in [0.25, 0.3) is 6.08 Å². The summed E-state index contributed by atoms with van der Waals surface area (Å²) in [5, 5.41) is 15.1. The first-order chi connectivity index (χ1) is 26.9. The molecule has 10 nitrogen and oxygen atoms in total. The Bertz CT molecular complexity index is 2020. The molecule has 1 amide bonds. The standard InChI is InChI=1S/C47H63N3O7/c1-11-45-28-34-37(52)35-36(51)32-18-20-44(9,19-12-14-29(2)3)55-38(32)33(16-15-30(4)5)39(35)56-47(34)41(45)43(7,8)57-46(47,42(45)54)21-17-31(6)40(53)48-22-13-23-50-26-24-49(10)25-27-50/h14-15,17-18,20,28,41,51H,11-13,16,19,21-27H2,1-10H3,(H,48,53)/b31-17-. The number of likely N-dealkylation sites (N-methyl/N-ethyl adjacent to an activating group) is 1. The Balaban J connectivity index is 1.27. The Kier molecular flexibility index (Phi) is 10.6. The third-order valence-electron chi connectivity index (χ3n) is 13.5. The highest BCUT2D eigenvalue weighted by molar-refractivity contribution is 6.21. The average Bonchev–Trinajstić information content (AvgIpc) is 3.64. The van der Waals surface area contributed by atoms with E-state index in [0.29, 0.717) is 53.8 Å². The van der Waals surface area contributed by atoms with Gasteiger partial charge in [0.1, 0.15) is 28.4 Å². The van der Waals surface area contributed by atoms with E-state index in [1.165, 1.54) is 5.57 Å². The first kappa shape index (κ1) is 41.2. The van der Waals surface area contributed by atoms with Crippen molar-refractivity contribution in [3.05, 3.63) is 69.4 Å². The molecular weight excluding hydrogens is 719 g/mol. The minimum atomic E-state index is -1.59. The molecule has 4 heterocycles. The molecule has 0 radical (unpaired) electrons. The summed E-state index contributed by atoms with van der Waals surface area (Å²) in [6.45, 7) is 23.5. The first-order valence-electron chi connectivity index (χ1n) is 21.0. The Morgan fingerprint density at radius 3 is 2.35 bits per heavy atom. The van der Waals surface area contributed by atoms with E-state index in [4.69, 9.17) is 14.2 Å². The molecule has 5 unspecified atom stereocenters. The predicted octanol–water partition coefficient (Wildman–Crippen LogP) is 7.30. The van der Waals surface area contributed by atoms with Gasteiger partial charge < -0.3 is 34.4 Å². The van der Waals surface area contributed by atoms with Crippen molar-refractivity contribution in [1.82, 2.24) is 15.1 Å². The largest absolute Gasteiger partial charge is 0.506 e. The number of ether oxygens (including phenoxy) is 3. The molecule has 7 rings (SSSR count). The number of phenolic OH excluding ortho intramolecular Hbond substituents is 1. The summed E-state index contributed by atoms with van der Waals surface area (Å²) in [6, 6.07) is 0. The molecule has 4 aliphatic heterocycles. The summed E-state index contributed by atoms with van der Waals surface area (Å²) in [6.07, 6.45) is 14.9. The number of nitrogens with one attached hydrogen (secondary N) is 1. The van der Waals surface area contributed by atoms with Gasteiger partial charge in [-0.2, -0.15) is 0 Å². The molecule has 2 aliphatic carbocycles. The molecule has 1 spiro atoms. The number of aromatic hydroxyl groups is 1. The first-order valence-corrected chi connectivity index (χ1v) is 21.0. The lowest BCUT2D eigenvalue weighted by atomic mass is 9.68. The molecule has 5 atom stereocenters. The number of Topliss-reactive ketones (excluding diaryl/α,β-unsaturated/α-hetero) is 2. The Labute approximate surface area is 339 Å². The summed E-state index contributed by atoms with van der Waals surface area (Å²) in [4.78, 5) is 48.4. The third-order valence-corrected chi connectivity index (χ3v) is 13.5. The summed E-state index contributed by atoms with van der Waals surface area (Å²) in [7, 11) is 2.14. The van der Waals surface area contributed by atoms with E-state index in [0.717, 1.165) is 51.1 Å². The maximum absolute atomic E-state index is 15.1. The molecule has 308 valence electrons. The smallest absolute Gasteiger partial charge is 0.246 e. The van der Waals surface area contributed by atoms with Crippen molar-refractivity contribution >= 4 is 23.5 Å². The number of hydrogen-bond donors (Lipinski definition) is 2. The third kappa shape index (κ3) is 6.45. The summed E-state index contributed by atoms with van der Waals surface area (Å²) in [5.74, 6) is -0.682. The SMILES string of the molecule is CCC12C=C3C(=O)c4c(O)c5c(c(CC=C(C)C)c4OC34C1C(C)(C)OC4(C/C=C(/C)C(=O)NCCCN1CCN(C)CC1)C2=O)OC(C)(CCC=C(C)C)C=C5. The van der Waals surface area contributed by atoms with Gasteiger partial charge in [0.2, 0.25) is 5.91 Å². The van der Waals surface area contributed by atoms with Crippen LogP contribution >= 0.6 is 0 Å². The highest BCUT2D eigenvalue weighted by Crippen LogP contribution is 2.76. The lowest BCUT2D eigenvalue weighted by molar-refractivity contribution is -0.181. The average molecular weight is 782 g/mol. The van der Waals surface area contributed by atoms with Gasteiger partial charge in [-0.25, -0.2) is 0 Å². The minimum Gasteiger partial charge on any atom is -0.506 e. The second-order valence-electron chi connectivity index (χ2n) is 18.6. The topological polar surface area (TPSA) is 118 Å². The van der Waals surface area contributed by atoms with Crippen LogP contribution in [0.5, 0.6) is 17.2 Å². The van der Waals surface area contributed by atoms with E-state index in [-0.39, 0.29) is 41.0 Å². The fourth-order valence-electron chi connectivity index (χ4n) is 10.6. The van der Waals surface area contributed by atoms with E-state index in [2.05, 4.69) is 48.2 Å². The van der Waals surface area contributed by atoms with Gasteiger partial charge in [-0.1, -0.05) is 42.4 Å². The van der Waals surface area contributed by atoms with Crippen LogP contribution in [0.2, 0.25) is 0 Å². The number of rotatable bonds is 13. The zero-order valence-corrected chi connectivity index (χ0v) is 35.8. The van der Waals surface area contributed by atoms with E-state index < -0.39 is 33.7 Å². The maximum atomic E-state index is 15.1. The van der Waals surface area contributed by atoms with Crippen LogP contribution in [0, 0.1) is 11.3 Å². The van der Waals surface area contributed by atoms with Crippen molar-refractivity contribution in [3.63, 3.8) is 0 Å². The second kappa shape index (κ2) is 14.7. The summed E-state index contributed by atoms with van der Waals surface area (Å²) in [5.41, 5.74) is -1.32. The van der Waals surface area contributed by atoms with Crippen molar-refractivity contribution in [1.29, 1.82) is 0 Å². The summed E-state index contributed by atoms with van der Waals surface area (Å²) >= 11 is 0. The van der Waals surface area contributed by atoms with Crippen LogP contribution in [0.4, 0.5) is 0 Å². The molecule has 4 bridgehead atoms. The van der Waals surface area contributed by atoms with Gasteiger partial charge in [-0.05, 0) is 113 Å². The number of carbonyl (C=O) groups excluding carboxylic acids is 3. The van der Waals surface area contributed by atoms with Gasteiger partial charge in [0, 0.05) is 55.9 Å². The number of fused-ring (bicyclic) bond motifs is 2. The molecule has 3 fully saturated rings. The molecular formula is C47H63N3O7. The van der Waals surface area contributed by atoms with Crippen molar-refractivity contribution in [2.24, 2.45) is 11.3 Å². The van der Waals surface area contributed by atoms with E-state index >= 15 is 9.59 Å². The van der Waals surface area contributed by atoms with E-state index in [1.54, 1.807) is 13.0 Å². The number of nitrogens with zero attached hydrogens (tertiary/aromatic N) is 2. The van der Waals surface area contributed by atoms with Gasteiger partial charge in [-0.3, -0.25) is 14.4 Å². The number of carbonyl (C=O) groups is 3. The van der Waals surface area contributed by atoms with Crippen molar-refractivity contribution < 1.29 is 33.7 Å². The number of ketones is 2. The lowest BCUT2D eigenvalue weighted by Gasteiger charge is -2.46. The minimum absolute atomic E-state index is 0.0515. The van der Waals surface area contributed by atoms with Crippen LogP contribution in [0.1, 0.15) is 116 Å². The van der Waals surface area contributed by atoms with Gasteiger partial charge in [-0.15, -0.1) is 0 Å². The van der Waals surface area contributed by atoms with Gasteiger partial charge in [0.15, 0.2) is 22.8 Å². The second-order valence-corrected chi connectivity index (χ2v) is 18.6. The lowest BCUT2D eigenvalue weighted by Crippen LogP contribution is -2.62. The fraction of sp³-hybridized carbons (Fsp3) is 0.596. The Morgan fingerprint density at radius 1 is 0.982 bits per heavy atom. The zero-order chi connectivity index (χ0) is 41.3. The Morgan fingerprint density at radius 2 is 1.68 bits per heavy atom. The maximum Gasteiger partial charge on any atom is 0.246 e. The molecule has 1 saturated carbocycles. The van der Waals surface area contributed by atoms with Crippen LogP contribution in [-0.4, -0.2) is 101 Å². The molecule has 0 aromatic heterocycles. The number of amides is 1. The molecule has 1 aromatic rings. The molecule has 2 N–H and O–H groups in total. The fourth-order valence-corrected chi connectivity index (χ4v) is 10.6. The van der Waals surface area contributed by atoms with Gasteiger partial charge >= 0.3 is 0 Å². The highest BCUT2D eigenvalue weighted by atomic mass is 16.6. The van der Waals surface area contributed by atoms with Crippen LogP contribution < -0.4 is 14.8 Å². The van der Waals surface area contributed by atoms with Gasteiger partial charge in [0.25, 0.3) is 0 Å². The molecule has 10 heteroatoms. The highest BCUT2D eigenvalue weighted by Gasteiger charge is 2.90.